The molecular formula is C70H49N. The van der Waals surface area contributed by atoms with Gasteiger partial charge in [-0.25, -0.2) is 0 Å². The highest BCUT2D eigenvalue weighted by molar-refractivity contribution is 6.22. The zero-order valence-electron chi connectivity index (χ0n) is 39.5. The molecule has 0 spiro atoms. The Hall–Kier alpha value is -9.04. The fraction of sp³-hybridized carbons (Fsp3) is 0.0286. The first-order valence-electron chi connectivity index (χ1n) is 24.7. The number of para-hydroxylation sites is 1. The Labute approximate surface area is 416 Å². The first-order valence-corrected chi connectivity index (χ1v) is 24.7. The van der Waals surface area contributed by atoms with Crippen LogP contribution in [0.15, 0.2) is 279 Å². The number of hydrogen-bond acceptors (Lipinski definition) is 1. The maximum Gasteiger partial charge on any atom is 0.0540 e. The van der Waals surface area contributed by atoms with Crippen LogP contribution >= 0.6 is 0 Å². The second kappa shape index (κ2) is 17.5. The molecular weight excluding hydrogens is 855 g/mol. The monoisotopic (exact) mass is 903 g/mol. The summed E-state index contributed by atoms with van der Waals surface area (Å²) in [4.78, 5) is 2.58. The van der Waals surface area contributed by atoms with Gasteiger partial charge in [-0.1, -0.05) is 249 Å². The lowest BCUT2D eigenvalue weighted by Gasteiger charge is -2.36. The Morgan fingerprint density at radius 2 is 0.746 bits per heavy atom. The lowest BCUT2D eigenvalue weighted by atomic mass is 9.73. The summed E-state index contributed by atoms with van der Waals surface area (Å²) in [5.74, 6) is 0. The van der Waals surface area contributed by atoms with Gasteiger partial charge in [0.15, 0.2) is 0 Å². The van der Waals surface area contributed by atoms with Crippen molar-refractivity contribution in [1.29, 1.82) is 0 Å². The van der Waals surface area contributed by atoms with Crippen LogP contribution in [0.25, 0.3) is 88.3 Å². The van der Waals surface area contributed by atoms with Crippen LogP contribution in [0.4, 0.5) is 17.1 Å². The SMILES string of the molecule is CC1(c2ccccc2)c2ccccc2-c2cccc(N(c3ccccc3-c3ccc4c(c3)c(-c3ccccc3)c(-c3ccccc3)c3ccccc34)c3ccc(-c4ccccc4)cc3-c3ccccc3)c21. The Kier molecular flexibility index (Phi) is 10.4. The highest BCUT2D eigenvalue weighted by atomic mass is 15.2. The van der Waals surface area contributed by atoms with Crippen molar-refractivity contribution >= 4 is 38.6 Å². The van der Waals surface area contributed by atoms with Crippen LogP contribution in [0.2, 0.25) is 0 Å². The first kappa shape index (κ1) is 42.1. The molecule has 1 unspecified atom stereocenters. The summed E-state index contributed by atoms with van der Waals surface area (Å²) in [5, 5.41) is 4.94. The molecule has 1 atom stereocenters. The molecule has 0 fully saturated rings. The molecule has 0 radical (unpaired) electrons. The van der Waals surface area contributed by atoms with E-state index < -0.39 is 5.41 Å². The highest BCUT2D eigenvalue weighted by Crippen LogP contribution is 2.58. The molecule has 0 bridgehead atoms. The smallest absolute Gasteiger partial charge is 0.0540 e. The number of anilines is 3. The number of hydrogen-bond donors (Lipinski definition) is 0. The molecule has 71 heavy (non-hydrogen) atoms. The van der Waals surface area contributed by atoms with E-state index in [4.69, 9.17) is 0 Å². The molecule has 0 saturated heterocycles. The topological polar surface area (TPSA) is 3.24 Å². The van der Waals surface area contributed by atoms with Crippen LogP contribution < -0.4 is 4.90 Å². The van der Waals surface area contributed by atoms with Crippen LogP contribution in [0.1, 0.15) is 23.6 Å². The third-order valence-corrected chi connectivity index (χ3v) is 14.9. The van der Waals surface area contributed by atoms with E-state index in [0.29, 0.717) is 0 Å². The van der Waals surface area contributed by atoms with Gasteiger partial charge in [0.05, 0.1) is 17.1 Å². The largest absolute Gasteiger partial charge is 0.309 e. The van der Waals surface area contributed by atoms with Gasteiger partial charge in [-0.15, -0.1) is 0 Å². The molecule has 1 nitrogen and oxygen atoms in total. The van der Waals surface area contributed by atoms with E-state index in [1.54, 1.807) is 0 Å². The predicted octanol–water partition coefficient (Wildman–Crippen LogP) is 19.1. The van der Waals surface area contributed by atoms with Crippen molar-refractivity contribution in [2.24, 2.45) is 0 Å². The summed E-state index contributed by atoms with van der Waals surface area (Å²) in [6, 6.07) is 103. The Morgan fingerprint density at radius 3 is 1.44 bits per heavy atom. The zero-order valence-corrected chi connectivity index (χ0v) is 39.5. The lowest BCUT2D eigenvalue weighted by molar-refractivity contribution is 0.714. The van der Waals surface area contributed by atoms with Gasteiger partial charge in [-0.05, 0) is 131 Å². The summed E-state index contributed by atoms with van der Waals surface area (Å²) in [5.41, 5.74) is 21.1. The molecule has 12 aromatic rings. The normalized spacial score (nSPS) is 13.8. The van der Waals surface area contributed by atoms with Crippen molar-refractivity contribution in [1.82, 2.24) is 0 Å². The van der Waals surface area contributed by atoms with Crippen molar-refractivity contribution in [3.63, 3.8) is 0 Å². The predicted molar refractivity (Wildman–Crippen MR) is 301 cm³/mol. The minimum Gasteiger partial charge on any atom is -0.309 e. The molecule has 0 heterocycles. The molecule has 1 aliphatic rings. The third kappa shape index (κ3) is 7.00. The van der Waals surface area contributed by atoms with Gasteiger partial charge in [0.1, 0.15) is 0 Å². The van der Waals surface area contributed by atoms with Gasteiger partial charge in [-0.3, -0.25) is 0 Å². The zero-order chi connectivity index (χ0) is 47.3. The Balaban J connectivity index is 1.13. The minimum absolute atomic E-state index is 0.462. The maximum atomic E-state index is 2.58. The summed E-state index contributed by atoms with van der Waals surface area (Å²) in [6.07, 6.45) is 0. The van der Waals surface area contributed by atoms with Gasteiger partial charge >= 0.3 is 0 Å². The fourth-order valence-electron chi connectivity index (χ4n) is 11.7. The highest BCUT2D eigenvalue weighted by Gasteiger charge is 2.44. The molecule has 0 saturated carbocycles. The lowest BCUT2D eigenvalue weighted by Crippen LogP contribution is -2.25. The van der Waals surface area contributed by atoms with Crippen LogP contribution in [-0.2, 0) is 5.41 Å². The van der Waals surface area contributed by atoms with Crippen molar-refractivity contribution in [2.45, 2.75) is 12.3 Å². The maximum absolute atomic E-state index is 2.58. The van der Waals surface area contributed by atoms with E-state index in [9.17, 15) is 0 Å². The Bertz CT molecular complexity index is 3920. The van der Waals surface area contributed by atoms with Gasteiger partial charge in [0.25, 0.3) is 0 Å². The standard InChI is InChI=1S/C70H49N/c1-70(54-32-15-6-16-33-54)63-39-21-19-36-58(63)60-38-23-41-66(69(60)70)71(65-45-43-52(48-24-7-2-8-25-48)46-61(65)49-26-9-3-10-27-49)64-40-22-20-34-55(64)53-42-44-57-56-35-17-18-37-59(56)67(50-28-11-4-12-29-50)68(62(57)47-53)51-30-13-5-14-31-51/h2-47H,1H3. The van der Waals surface area contributed by atoms with Gasteiger partial charge < -0.3 is 4.90 Å². The summed E-state index contributed by atoms with van der Waals surface area (Å²) in [6.45, 7) is 2.43. The Morgan fingerprint density at radius 1 is 0.268 bits per heavy atom. The average molecular weight is 904 g/mol. The number of nitrogens with zero attached hydrogens (tertiary/aromatic N) is 1. The molecule has 12 aromatic carbocycles. The fourth-order valence-corrected chi connectivity index (χ4v) is 11.7. The van der Waals surface area contributed by atoms with E-state index in [1.807, 2.05) is 0 Å². The van der Waals surface area contributed by atoms with E-state index in [1.165, 1.54) is 82.7 Å². The van der Waals surface area contributed by atoms with Gasteiger partial charge in [-0.2, -0.15) is 0 Å². The van der Waals surface area contributed by atoms with E-state index >= 15 is 0 Å². The van der Waals surface area contributed by atoms with Crippen molar-refractivity contribution in [2.75, 3.05) is 4.90 Å². The quantitative estimate of drug-likeness (QED) is 0.130. The van der Waals surface area contributed by atoms with Crippen LogP contribution in [0.3, 0.4) is 0 Å². The van der Waals surface area contributed by atoms with Crippen molar-refractivity contribution in [3.8, 4) is 66.8 Å². The summed E-state index contributed by atoms with van der Waals surface area (Å²) >= 11 is 0. The van der Waals surface area contributed by atoms with Crippen LogP contribution in [0.5, 0.6) is 0 Å². The molecule has 1 heteroatoms. The second-order valence-corrected chi connectivity index (χ2v) is 18.8. The van der Waals surface area contributed by atoms with Gasteiger partial charge in [0, 0.05) is 16.5 Å². The molecule has 334 valence electrons. The average Bonchev–Trinajstić information content (AvgIpc) is 3.73. The molecule has 0 aliphatic heterocycles. The number of rotatable bonds is 9. The molecule has 13 rings (SSSR count). The number of fused-ring (bicyclic) bond motifs is 6. The molecule has 0 amide bonds. The number of benzene rings is 12. The second-order valence-electron chi connectivity index (χ2n) is 18.8. The first-order chi connectivity index (χ1) is 35.1. The summed E-state index contributed by atoms with van der Waals surface area (Å²) in [7, 11) is 0. The van der Waals surface area contributed by atoms with Crippen LogP contribution in [-0.4, -0.2) is 0 Å². The van der Waals surface area contributed by atoms with E-state index in [0.717, 1.165) is 39.3 Å². The van der Waals surface area contributed by atoms with Gasteiger partial charge in [0.2, 0.25) is 0 Å². The summed E-state index contributed by atoms with van der Waals surface area (Å²) < 4.78 is 0. The molecule has 1 aliphatic carbocycles. The third-order valence-electron chi connectivity index (χ3n) is 14.9. The van der Waals surface area contributed by atoms with E-state index in [-0.39, 0.29) is 0 Å². The van der Waals surface area contributed by atoms with E-state index in [2.05, 4.69) is 291 Å². The minimum atomic E-state index is -0.462. The van der Waals surface area contributed by atoms with Crippen molar-refractivity contribution < 1.29 is 0 Å². The van der Waals surface area contributed by atoms with Crippen molar-refractivity contribution in [3.05, 3.63) is 296 Å². The molecule has 0 N–H and O–H groups in total. The van der Waals surface area contributed by atoms with Crippen LogP contribution in [0, 0.1) is 0 Å². The molecule has 0 aromatic heterocycles.